The van der Waals surface area contributed by atoms with Gasteiger partial charge < -0.3 is 15.4 Å². The van der Waals surface area contributed by atoms with E-state index in [1.807, 2.05) is 12.1 Å². The van der Waals surface area contributed by atoms with E-state index >= 15 is 0 Å². The Kier molecular flexibility index (Phi) is 5.95. The minimum absolute atomic E-state index is 0. The first-order valence-electron chi connectivity index (χ1n) is 8.82. The van der Waals surface area contributed by atoms with Gasteiger partial charge in [-0.05, 0) is 53.8 Å². The van der Waals surface area contributed by atoms with Crippen LogP contribution in [0.2, 0.25) is 0 Å². The predicted octanol–water partition coefficient (Wildman–Crippen LogP) is 1.98. The average Bonchev–Trinajstić information content (AvgIpc) is 3.14. The number of hydrogen-bond donors (Lipinski definition) is 2. The minimum atomic E-state index is -3.78. The molecule has 2 aliphatic rings. The van der Waals surface area contributed by atoms with Gasteiger partial charge >= 0.3 is 0 Å². The van der Waals surface area contributed by atoms with E-state index < -0.39 is 10.0 Å². The molecule has 0 aromatic heterocycles. The second kappa shape index (κ2) is 8.08. The molecule has 0 spiro atoms. The lowest BCUT2D eigenvalue weighted by Gasteiger charge is -2.30. The summed E-state index contributed by atoms with van der Waals surface area (Å²) in [5.41, 5.74) is 10.2. The van der Waals surface area contributed by atoms with Crippen molar-refractivity contribution in [3.8, 4) is 0 Å². The summed E-state index contributed by atoms with van der Waals surface area (Å²) in [6, 6.07) is 10.4. The van der Waals surface area contributed by atoms with Gasteiger partial charge in [-0.25, -0.2) is 13.1 Å². The summed E-state index contributed by atoms with van der Waals surface area (Å²) in [5, 5.41) is 0. The van der Waals surface area contributed by atoms with Crippen LogP contribution in [0.4, 0.5) is 11.4 Å². The fourth-order valence-electron chi connectivity index (χ4n) is 3.56. The van der Waals surface area contributed by atoms with Crippen LogP contribution in [0, 0.1) is 0 Å². The summed E-state index contributed by atoms with van der Waals surface area (Å²) in [6.07, 6.45) is 1.61. The van der Waals surface area contributed by atoms with Crippen LogP contribution >= 0.6 is 12.4 Å². The summed E-state index contributed by atoms with van der Waals surface area (Å²) in [4.78, 5) is 14.4. The molecule has 4 rings (SSSR count). The topological polar surface area (TPSA) is 102 Å². The van der Waals surface area contributed by atoms with Crippen molar-refractivity contribution in [3.05, 3.63) is 53.1 Å². The first kappa shape index (κ1) is 20.6. The number of amides is 1. The van der Waals surface area contributed by atoms with Crippen LogP contribution in [0.15, 0.2) is 41.3 Å². The highest BCUT2D eigenvalue weighted by Crippen LogP contribution is 2.31. The molecule has 2 aliphatic heterocycles. The van der Waals surface area contributed by atoms with Crippen LogP contribution in [0.1, 0.15) is 23.1 Å². The van der Waals surface area contributed by atoms with Crippen molar-refractivity contribution in [1.82, 2.24) is 4.72 Å². The monoisotopic (exact) mass is 423 g/mol. The van der Waals surface area contributed by atoms with Crippen LogP contribution in [0.5, 0.6) is 0 Å². The summed E-state index contributed by atoms with van der Waals surface area (Å²) in [7, 11) is -3.78. The van der Waals surface area contributed by atoms with E-state index in [2.05, 4.69) is 4.72 Å². The van der Waals surface area contributed by atoms with Crippen LogP contribution in [-0.4, -0.2) is 27.4 Å². The number of halogens is 1. The Bertz CT molecular complexity index is 1010. The smallest absolute Gasteiger partial charge is 0.242 e. The number of nitrogens with zero attached hydrogens (tertiary/aromatic N) is 1. The summed E-state index contributed by atoms with van der Waals surface area (Å²) in [5.74, 6) is -0.297. The Morgan fingerprint density at radius 1 is 1.18 bits per heavy atom. The van der Waals surface area contributed by atoms with Gasteiger partial charge in [-0.15, -0.1) is 12.4 Å². The van der Waals surface area contributed by atoms with E-state index in [4.69, 9.17) is 10.5 Å². The van der Waals surface area contributed by atoms with Crippen LogP contribution < -0.4 is 15.4 Å². The predicted molar refractivity (Wildman–Crippen MR) is 109 cm³/mol. The zero-order chi connectivity index (χ0) is 19.0. The molecule has 0 atom stereocenters. The number of ether oxygens (including phenoxy) is 1. The number of hydrogen-bond acceptors (Lipinski definition) is 5. The fraction of sp³-hybridized carbons (Fsp3) is 0.316. The maximum absolute atomic E-state index is 12.7. The summed E-state index contributed by atoms with van der Waals surface area (Å²) >= 11 is 0. The SMILES string of the molecule is Cl.Nc1cccc2c1CCCN2C(=O)CNS(=O)(=O)c1ccc2c(c1)COC2. The number of fused-ring (bicyclic) bond motifs is 2. The lowest BCUT2D eigenvalue weighted by Crippen LogP contribution is -2.42. The quantitative estimate of drug-likeness (QED) is 0.732. The lowest BCUT2D eigenvalue weighted by molar-refractivity contribution is -0.117. The molecule has 2 aromatic rings. The molecule has 9 heteroatoms. The standard InChI is InChI=1S/C19H21N3O4S.ClH/c20-17-4-1-5-18-16(17)3-2-8-22(18)19(23)10-21-27(24,25)15-7-6-13-11-26-12-14(13)9-15;/h1,4-7,9,21H,2-3,8,10-12,20H2;1H. The van der Waals surface area contributed by atoms with Gasteiger partial charge in [0.2, 0.25) is 15.9 Å². The maximum Gasteiger partial charge on any atom is 0.242 e. The summed E-state index contributed by atoms with van der Waals surface area (Å²) < 4.78 is 32.9. The average molecular weight is 424 g/mol. The second-order valence-corrected chi connectivity index (χ2v) is 8.51. The Morgan fingerprint density at radius 3 is 2.79 bits per heavy atom. The normalized spacial score (nSPS) is 15.5. The molecule has 2 heterocycles. The molecule has 2 aromatic carbocycles. The van der Waals surface area contributed by atoms with Crippen molar-refractivity contribution in [2.24, 2.45) is 0 Å². The third-order valence-electron chi connectivity index (χ3n) is 5.00. The van der Waals surface area contributed by atoms with Gasteiger partial charge in [0, 0.05) is 17.9 Å². The van der Waals surface area contributed by atoms with Gasteiger partial charge in [0.15, 0.2) is 0 Å². The van der Waals surface area contributed by atoms with E-state index in [9.17, 15) is 13.2 Å². The highest BCUT2D eigenvalue weighted by atomic mass is 35.5. The lowest BCUT2D eigenvalue weighted by atomic mass is 10.00. The van der Waals surface area contributed by atoms with Gasteiger partial charge in [0.05, 0.1) is 24.7 Å². The fourth-order valence-corrected chi connectivity index (χ4v) is 4.59. The van der Waals surface area contributed by atoms with E-state index in [-0.39, 0.29) is 29.8 Å². The van der Waals surface area contributed by atoms with Crippen LogP contribution in [0.3, 0.4) is 0 Å². The molecule has 1 amide bonds. The second-order valence-electron chi connectivity index (χ2n) is 6.74. The van der Waals surface area contributed by atoms with Crippen molar-refractivity contribution < 1.29 is 17.9 Å². The molecule has 0 fully saturated rings. The number of nitrogen functional groups attached to an aromatic ring is 1. The minimum Gasteiger partial charge on any atom is -0.398 e. The van der Waals surface area contributed by atoms with Gasteiger partial charge in [-0.1, -0.05) is 12.1 Å². The first-order valence-corrected chi connectivity index (χ1v) is 10.3. The van der Waals surface area contributed by atoms with Crippen molar-refractivity contribution in [3.63, 3.8) is 0 Å². The number of carbonyl (C=O) groups is 1. The molecule has 150 valence electrons. The number of rotatable bonds is 4. The van der Waals surface area contributed by atoms with Gasteiger partial charge in [-0.3, -0.25) is 4.79 Å². The number of benzene rings is 2. The zero-order valence-corrected chi connectivity index (χ0v) is 16.8. The molecule has 0 saturated heterocycles. The molecular weight excluding hydrogens is 402 g/mol. The molecule has 3 N–H and O–H groups in total. The largest absolute Gasteiger partial charge is 0.398 e. The van der Waals surface area contributed by atoms with E-state index in [0.29, 0.717) is 25.4 Å². The van der Waals surface area contributed by atoms with Crippen molar-refractivity contribution >= 4 is 39.7 Å². The summed E-state index contributed by atoms with van der Waals surface area (Å²) in [6.45, 7) is 1.15. The Balaban J connectivity index is 0.00000225. The Hall–Kier alpha value is -2.13. The highest BCUT2D eigenvalue weighted by Gasteiger charge is 2.25. The number of carbonyl (C=O) groups excluding carboxylic acids is 1. The number of anilines is 2. The van der Waals surface area contributed by atoms with Crippen LogP contribution in [-0.2, 0) is 39.2 Å². The molecule has 0 bridgehead atoms. The highest BCUT2D eigenvalue weighted by molar-refractivity contribution is 7.89. The molecule has 7 nitrogen and oxygen atoms in total. The number of nitrogens with two attached hydrogens (primary N) is 1. The molecule has 0 radical (unpaired) electrons. The van der Waals surface area contributed by atoms with Crippen molar-refractivity contribution in [2.45, 2.75) is 31.0 Å². The molecular formula is C19H22ClN3O4S. The Morgan fingerprint density at radius 2 is 1.96 bits per heavy atom. The molecule has 0 aliphatic carbocycles. The molecule has 28 heavy (non-hydrogen) atoms. The first-order chi connectivity index (χ1) is 13.0. The van der Waals surface area contributed by atoms with Crippen molar-refractivity contribution in [2.75, 3.05) is 23.7 Å². The number of sulfonamides is 1. The number of nitrogens with one attached hydrogen (secondary N) is 1. The molecule has 0 unspecified atom stereocenters. The Labute approximate surface area is 170 Å². The third-order valence-corrected chi connectivity index (χ3v) is 6.40. The third kappa shape index (κ3) is 3.86. The van der Waals surface area contributed by atoms with E-state index in [1.165, 1.54) is 6.07 Å². The van der Waals surface area contributed by atoms with Gasteiger partial charge in [0.25, 0.3) is 0 Å². The van der Waals surface area contributed by atoms with Gasteiger partial charge in [0.1, 0.15) is 0 Å². The van der Waals surface area contributed by atoms with E-state index in [1.54, 1.807) is 23.1 Å². The zero-order valence-electron chi connectivity index (χ0n) is 15.2. The maximum atomic E-state index is 12.7. The van der Waals surface area contributed by atoms with Crippen LogP contribution in [0.25, 0.3) is 0 Å². The molecule has 0 saturated carbocycles. The van der Waals surface area contributed by atoms with Gasteiger partial charge in [-0.2, -0.15) is 0 Å². The van der Waals surface area contributed by atoms with Crippen molar-refractivity contribution in [1.29, 1.82) is 0 Å². The van der Waals surface area contributed by atoms with E-state index in [0.717, 1.165) is 35.2 Å².